The lowest BCUT2D eigenvalue weighted by Gasteiger charge is -2.33. The fourth-order valence-corrected chi connectivity index (χ4v) is 6.19. The molecule has 31 heavy (non-hydrogen) atoms. The highest BCUT2D eigenvalue weighted by molar-refractivity contribution is 7.89. The quantitative estimate of drug-likeness (QED) is 0.530. The lowest BCUT2D eigenvalue weighted by Crippen LogP contribution is -2.35. The molecule has 1 saturated carbocycles. The summed E-state index contributed by atoms with van der Waals surface area (Å²) in [4.78, 5) is 11.3. The minimum Gasteiger partial charge on any atom is -0.375 e. The third-order valence-corrected chi connectivity index (χ3v) is 8.20. The molecule has 1 N–H and O–H groups in total. The van der Waals surface area contributed by atoms with E-state index in [4.69, 9.17) is 0 Å². The zero-order chi connectivity index (χ0) is 21.8. The Hall–Kier alpha value is -2.46. The van der Waals surface area contributed by atoms with Crippen molar-refractivity contribution in [2.45, 2.75) is 68.3 Å². The number of nitrogens with zero attached hydrogens (tertiary/aromatic N) is 4. The van der Waals surface area contributed by atoms with Gasteiger partial charge in [-0.2, -0.15) is 9.40 Å². The molecular weight excluding hydrogens is 418 g/mol. The van der Waals surface area contributed by atoms with Gasteiger partial charge in [-0.15, -0.1) is 0 Å². The van der Waals surface area contributed by atoms with E-state index in [0.717, 1.165) is 51.4 Å². The second-order valence-corrected chi connectivity index (χ2v) is 10.3. The summed E-state index contributed by atoms with van der Waals surface area (Å²) in [5, 5.41) is 19.5. The Morgan fingerprint density at radius 3 is 2.48 bits per heavy atom. The first kappa shape index (κ1) is 21.8. The SMILES string of the molecule is O=[N+]([O-])c1cc(S(=O)(=O)N2CCCCCC2)ccc1NC1CCCCC1n1cccn1. The highest BCUT2D eigenvalue weighted by atomic mass is 32.2. The number of rotatable bonds is 6. The van der Waals surface area contributed by atoms with Gasteiger partial charge in [-0.3, -0.25) is 14.8 Å². The first-order chi connectivity index (χ1) is 15.0. The Morgan fingerprint density at radius 1 is 1.06 bits per heavy atom. The Labute approximate surface area is 182 Å². The summed E-state index contributed by atoms with van der Waals surface area (Å²) in [7, 11) is -3.75. The summed E-state index contributed by atoms with van der Waals surface area (Å²) in [5.74, 6) is 0. The highest BCUT2D eigenvalue weighted by Crippen LogP contribution is 2.35. The van der Waals surface area contributed by atoms with Crippen LogP contribution in [0.2, 0.25) is 0 Å². The molecule has 0 amide bonds. The maximum atomic E-state index is 13.1. The second-order valence-electron chi connectivity index (χ2n) is 8.34. The van der Waals surface area contributed by atoms with Gasteiger partial charge in [0.1, 0.15) is 5.69 Å². The summed E-state index contributed by atoms with van der Waals surface area (Å²) in [6, 6.07) is 6.19. The molecule has 0 radical (unpaired) electrons. The minimum absolute atomic E-state index is 0.0135. The van der Waals surface area contributed by atoms with E-state index in [2.05, 4.69) is 10.4 Å². The van der Waals surface area contributed by atoms with Gasteiger partial charge in [0, 0.05) is 37.6 Å². The number of hydrogen-bond acceptors (Lipinski definition) is 6. The summed E-state index contributed by atoms with van der Waals surface area (Å²) < 4.78 is 29.6. The molecular formula is C21H29N5O4S. The second kappa shape index (κ2) is 9.35. The van der Waals surface area contributed by atoms with E-state index in [-0.39, 0.29) is 22.7 Å². The fraction of sp³-hybridized carbons (Fsp3) is 0.571. The smallest absolute Gasteiger partial charge is 0.293 e. The van der Waals surface area contributed by atoms with Crippen LogP contribution in [0.5, 0.6) is 0 Å². The largest absolute Gasteiger partial charge is 0.375 e. The number of aromatic nitrogens is 2. The lowest BCUT2D eigenvalue weighted by atomic mass is 9.90. The molecule has 1 aromatic heterocycles. The number of nitrogens with one attached hydrogen (secondary N) is 1. The van der Waals surface area contributed by atoms with Crippen LogP contribution in [0.1, 0.15) is 57.4 Å². The third kappa shape index (κ3) is 4.74. The van der Waals surface area contributed by atoms with Gasteiger partial charge in [-0.05, 0) is 43.9 Å². The van der Waals surface area contributed by atoms with Crippen molar-refractivity contribution in [3.8, 4) is 0 Å². The summed E-state index contributed by atoms with van der Waals surface area (Å²) in [6.45, 7) is 0.924. The van der Waals surface area contributed by atoms with Gasteiger partial charge in [-0.1, -0.05) is 25.7 Å². The molecule has 2 fully saturated rings. The summed E-state index contributed by atoms with van der Waals surface area (Å²) in [6.07, 6.45) is 11.2. The molecule has 1 aromatic carbocycles. The van der Waals surface area contributed by atoms with E-state index in [1.54, 1.807) is 6.20 Å². The standard InChI is InChI=1S/C21H29N5O4S/c27-26(28)21-16-17(31(29,30)24-13-5-1-2-6-14-24)10-11-19(21)23-18-8-3-4-9-20(18)25-15-7-12-22-25/h7,10-12,15-16,18,20,23H,1-6,8-9,13-14H2. The molecule has 2 heterocycles. The van der Waals surface area contributed by atoms with Crippen molar-refractivity contribution in [1.82, 2.24) is 14.1 Å². The average molecular weight is 448 g/mol. The Kier molecular flexibility index (Phi) is 6.57. The zero-order valence-electron chi connectivity index (χ0n) is 17.5. The van der Waals surface area contributed by atoms with Crippen molar-refractivity contribution in [3.63, 3.8) is 0 Å². The number of anilines is 1. The van der Waals surface area contributed by atoms with Crippen molar-refractivity contribution in [3.05, 3.63) is 46.8 Å². The first-order valence-corrected chi connectivity index (χ1v) is 12.4. The molecule has 1 aliphatic carbocycles. The molecule has 2 atom stereocenters. The van der Waals surface area contributed by atoms with Crippen LogP contribution in [-0.4, -0.2) is 46.6 Å². The van der Waals surface area contributed by atoms with Gasteiger partial charge in [-0.25, -0.2) is 8.42 Å². The van der Waals surface area contributed by atoms with Gasteiger partial charge in [0.05, 0.1) is 15.9 Å². The molecule has 2 unspecified atom stereocenters. The van der Waals surface area contributed by atoms with Crippen LogP contribution >= 0.6 is 0 Å². The average Bonchev–Trinajstić information content (AvgIpc) is 3.15. The van der Waals surface area contributed by atoms with E-state index in [1.807, 2.05) is 16.9 Å². The summed E-state index contributed by atoms with van der Waals surface area (Å²) in [5.41, 5.74) is 0.143. The van der Waals surface area contributed by atoms with Crippen molar-refractivity contribution in [1.29, 1.82) is 0 Å². The van der Waals surface area contributed by atoms with E-state index in [1.165, 1.54) is 22.5 Å². The monoisotopic (exact) mass is 447 g/mol. The predicted octanol–water partition coefficient (Wildman–Crippen LogP) is 3.95. The third-order valence-electron chi connectivity index (χ3n) is 6.30. The number of hydrogen-bond donors (Lipinski definition) is 1. The highest BCUT2D eigenvalue weighted by Gasteiger charge is 2.31. The maximum Gasteiger partial charge on any atom is 0.293 e. The fourth-order valence-electron chi connectivity index (χ4n) is 4.65. The molecule has 0 bridgehead atoms. The molecule has 2 aromatic rings. The van der Waals surface area contributed by atoms with Crippen LogP contribution < -0.4 is 5.32 Å². The van der Waals surface area contributed by atoms with Crippen molar-refractivity contribution < 1.29 is 13.3 Å². The van der Waals surface area contributed by atoms with Crippen molar-refractivity contribution in [2.75, 3.05) is 18.4 Å². The molecule has 9 nitrogen and oxygen atoms in total. The Bertz CT molecular complexity index is 1000. The number of benzene rings is 1. The topological polar surface area (TPSA) is 110 Å². The summed E-state index contributed by atoms with van der Waals surface area (Å²) >= 11 is 0. The predicted molar refractivity (Wildman–Crippen MR) is 117 cm³/mol. The molecule has 1 saturated heterocycles. The first-order valence-electron chi connectivity index (χ1n) is 11.0. The lowest BCUT2D eigenvalue weighted by molar-refractivity contribution is -0.384. The van der Waals surface area contributed by atoms with E-state index < -0.39 is 14.9 Å². The Balaban J connectivity index is 1.61. The maximum absolute atomic E-state index is 13.1. The Morgan fingerprint density at radius 2 is 1.81 bits per heavy atom. The molecule has 1 aliphatic heterocycles. The molecule has 0 spiro atoms. The van der Waals surface area contributed by atoms with Crippen molar-refractivity contribution in [2.24, 2.45) is 0 Å². The van der Waals surface area contributed by atoms with Crippen molar-refractivity contribution >= 4 is 21.4 Å². The number of sulfonamides is 1. The van der Waals surface area contributed by atoms with Gasteiger partial charge >= 0.3 is 0 Å². The van der Waals surface area contributed by atoms with Gasteiger partial charge in [0.15, 0.2) is 0 Å². The molecule has 10 heteroatoms. The van der Waals surface area contributed by atoms with E-state index in [0.29, 0.717) is 18.8 Å². The molecule has 2 aliphatic rings. The molecule has 4 rings (SSSR count). The minimum atomic E-state index is -3.75. The van der Waals surface area contributed by atoms with Crippen LogP contribution in [-0.2, 0) is 10.0 Å². The van der Waals surface area contributed by atoms with E-state index >= 15 is 0 Å². The number of nitro benzene ring substituents is 1. The normalized spacial score (nSPS) is 23.2. The zero-order valence-corrected chi connectivity index (χ0v) is 18.3. The number of nitro groups is 1. The van der Waals surface area contributed by atoms with Gasteiger partial charge in [0.25, 0.3) is 5.69 Å². The molecule has 168 valence electrons. The van der Waals surface area contributed by atoms with Crippen LogP contribution in [0, 0.1) is 10.1 Å². The van der Waals surface area contributed by atoms with Crippen LogP contribution in [0.25, 0.3) is 0 Å². The van der Waals surface area contributed by atoms with Crippen LogP contribution in [0.3, 0.4) is 0 Å². The van der Waals surface area contributed by atoms with E-state index in [9.17, 15) is 18.5 Å². The van der Waals surface area contributed by atoms with Crippen LogP contribution in [0.4, 0.5) is 11.4 Å². The van der Waals surface area contributed by atoms with Crippen LogP contribution in [0.15, 0.2) is 41.6 Å². The van der Waals surface area contributed by atoms with Gasteiger partial charge in [0.2, 0.25) is 10.0 Å². The van der Waals surface area contributed by atoms with Gasteiger partial charge < -0.3 is 5.32 Å².